The molecule has 18 heavy (non-hydrogen) atoms. The van der Waals surface area contributed by atoms with Gasteiger partial charge in [-0.05, 0) is 31.4 Å². The molecule has 0 radical (unpaired) electrons. The molecule has 1 aromatic carbocycles. The Balaban J connectivity index is 2.04. The van der Waals surface area contributed by atoms with Gasteiger partial charge in [0.05, 0.1) is 11.0 Å². The highest BCUT2D eigenvalue weighted by Gasteiger charge is 2.25. The zero-order chi connectivity index (χ0) is 12.5. The number of aryl methyl sites for hydroxylation is 1. The summed E-state index contributed by atoms with van der Waals surface area (Å²) >= 11 is 0. The monoisotopic (exact) mass is 244 g/mol. The lowest BCUT2D eigenvalue weighted by Crippen LogP contribution is -2.45. The fourth-order valence-corrected chi connectivity index (χ4v) is 2.90. The number of nitrogens with two attached hydrogens (primary N) is 1. The molecule has 0 spiro atoms. The first-order valence-corrected chi connectivity index (χ1v) is 6.69. The number of piperidine rings is 1. The van der Waals surface area contributed by atoms with Gasteiger partial charge in [0.15, 0.2) is 0 Å². The second-order valence-corrected chi connectivity index (χ2v) is 5.04. The minimum atomic E-state index is 0.439. The molecular weight excluding hydrogens is 224 g/mol. The average molecular weight is 244 g/mol. The van der Waals surface area contributed by atoms with Gasteiger partial charge in [-0.3, -0.25) is 0 Å². The summed E-state index contributed by atoms with van der Waals surface area (Å²) in [6.07, 6.45) is 3.70. The van der Waals surface area contributed by atoms with Crippen LogP contribution in [0, 0.1) is 0 Å². The predicted octanol–water partition coefficient (Wildman–Crippen LogP) is 1.89. The molecule has 2 aromatic rings. The van der Waals surface area contributed by atoms with Crippen LogP contribution in [0.1, 0.15) is 19.3 Å². The molecule has 1 aliphatic heterocycles. The van der Waals surface area contributed by atoms with E-state index in [4.69, 9.17) is 10.7 Å². The van der Waals surface area contributed by atoms with Crippen LogP contribution in [0.4, 0.5) is 5.95 Å². The Bertz CT molecular complexity index is 546. The minimum Gasteiger partial charge on any atom is -0.338 e. The van der Waals surface area contributed by atoms with Crippen molar-refractivity contribution in [2.45, 2.75) is 25.3 Å². The molecule has 0 aliphatic carbocycles. The largest absolute Gasteiger partial charge is 0.338 e. The van der Waals surface area contributed by atoms with E-state index in [-0.39, 0.29) is 0 Å². The molecule has 2 N–H and O–H groups in total. The molecule has 1 unspecified atom stereocenters. The Morgan fingerprint density at radius 1 is 1.33 bits per heavy atom. The summed E-state index contributed by atoms with van der Waals surface area (Å²) in [5.41, 5.74) is 8.15. The second-order valence-electron chi connectivity index (χ2n) is 5.04. The summed E-state index contributed by atoms with van der Waals surface area (Å²) in [5, 5.41) is 0. The van der Waals surface area contributed by atoms with Crippen molar-refractivity contribution in [1.29, 1.82) is 0 Å². The number of nitrogens with zero attached hydrogens (tertiary/aromatic N) is 3. The van der Waals surface area contributed by atoms with Gasteiger partial charge in [-0.2, -0.15) is 0 Å². The first kappa shape index (κ1) is 11.5. The third kappa shape index (κ3) is 1.77. The van der Waals surface area contributed by atoms with Crippen LogP contribution in [-0.4, -0.2) is 28.7 Å². The van der Waals surface area contributed by atoms with E-state index in [9.17, 15) is 0 Å². The summed E-state index contributed by atoms with van der Waals surface area (Å²) in [7, 11) is 2.09. The zero-order valence-corrected chi connectivity index (χ0v) is 10.8. The van der Waals surface area contributed by atoms with E-state index in [0.717, 1.165) is 18.0 Å². The molecule has 3 rings (SSSR count). The van der Waals surface area contributed by atoms with E-state index in [1.54, 1.807) is 0 Å². The number of rotatable bonds is 2. The minimum absolute atomic E-state index is 0.439. The van der Waals surface area contributed by atoms with E-state index in [1.807, 2.05) is 6.07 Å². The summed E-state index contributed by atoms with van der Waals surface area (Å²) in [6, 6.07) is 8.72. The van der Waals surface area contributed by atoms with E-state index in [0.29, 0.717) is 12.6 Å². The Morgan fingerprint density at radius 2 is 2.17 bits per heavy atom. The van der Waals surface area contributed by atoms with Gasteiger partial charge >= 0.3 is 0 Å². The number of imidazole rings is 1. The number of fused-ring (bicyclic) bond motifs is 1. The first-order valence-electron chi connectivity index (χ1n) is 6.69. The van der Waals surface area contributed by atoms with Crippen molar-refractivity contribution in [2.24, 2.45) is 12.8 Å². The van der Waals surface area contributed by atoms with Crippen LogP contribution in [0.2, 0.25) is 0 Å². The van der Waals surface area contributed by atoms with Crippen LogP contribution in [0.15, 0.2) is 24.3 Å². The fourth-order valence-electron chi connectivity index (χ4n) is 2.90. The maximum atomic E-state index is 5.90. The van der Waals surface area contributed by atoms with E-state index in [1.165, 1.54) is 24.8 Å². The van der Waals surface area contributed by atoms with Gasteiger partial charge in [-0.15, -0.1) is 0 Å². The van der Waals surface area contributed by atoms with Crippen molar-refractivity contribution in [3.05, 3.63) is 24.3 Å². The van der Waals surface area contributed by atoms with Crippen molar-refractivity contribution >= 4 is 17.0 Å². The molecule has 1 aliphatic rings. The lowest BCUT2D eigenvalue weighted by molar-refractivity contribution is 0.455. The molecular formula is C14H20N4. The molecule has 4 nitrogen and oxygen atoms in total. The number of aromatic nitrogens is 2. The molecule has 1 atom stereocenters. The number of hydrogen-bond donors (Lipinski definition) is 1. The highest BCUT2D eigenvalue weighted by atomic mass is 15.3. The maximum Gasteiger partial charge on any atom is 0.206 e. The van der Waals surface area contributed by atoms with Crippen molar-refractivity contribution in [3.8, 4) is 0 Å². The summed E-state index contributed by atoms with van der Waals surface area (Å²) in [6.45, 7) is 1.78. The highest BCUT2D eigenvalue weighted by molar-refractivity contribution is 5.78. The smallest absolute Gasteiger partial charge is 0.206 e. The lowest BCUT2D eigenvalue weighted by Gasteiger charge is -2.35. The van der Waals surface area contributed by atoms with Crippen LogP contribution < -0.4 is 10.6 Å². The predicted molar refractivity (Wildman–Crippen MR) is 74.8 cm³/mol. The van der Waals surface area contributed by atoms with Crippen molar-refractivity contribution in [2.75, 3.05) is 18.0 Å². The third-order valence-corrected chi connectivity index (χ3v) is 3.92. The molecule has 1 aromatic heterocycles. The van der Waals surface area contributed by atoms with E-state index < -0.39 is 0 Å². The van der Waals surface area contributed by atoms with Crippen LogP contribution in [-0.2, 0) is 7.05 Å². The van der Waals surface area contributed by atoms with Gasteiger partial charge in [0.25, 0.3) is 0 Å². The van der Waals surface area contributed by atoms with E-state index >= 15 is 0 Å². The van der Waals surface area contributed by atoms with Crippen molar-refractivity contribution < 1.29 is 0 Å². The lowest BCUT2D eigenvalue weighted by atomic mass is 10.0. The molecule has 0 bridgehead atoms. The number of benzene rings is 1. The molecule has 0 saturated carbocycles. The SMILES string of the molecule is Cn1c(N2CCCCC2CN)nc2ccccc21. The Kier molecular flexibility index (Phi) is 2.96. The number of hydrogen-bond acceptors (Lipinski definition) is 3. The standard InChI is InChI=1S/C14H20N4/c1-17-13-8-3-2-7-12(13)16-14(17)18-9-5-4-6-11(18)10-15/h2-3,7-8,11H,4-6,9-10,15H2,1H3. The summed E-state index contributed by atoms with van der Waals surface area (Å²) in [5.74, 6) is 1.06. The molecule has 1 saturated heterocycles. The fraction of sp³-hybridized carbons (Fsp3) is 0.500. The second kappa shape index (κ2) is 4.61. The zero-order valence-electron chi connectivity index (χ0n) is 10.8. The normalized spacial score (nSPS) is 20.6. The summed E-state index contributed by atoms with van der Waals surface area (Å²) in [4.78, 5) is 7.15. The van der Waals surface area contributed by atoms with Crippen molar-refractivity contribution in [3.63, 3.8) is 0 Å². The Hall–Kier alpha value is -1.55. The average Bonchev–Trinajstić information content (AvgIpc) is 2.76. The van der Waals surface area contributed by atoms with Crippen LogP contribution in [0.25, 0.3) is 11.0 Å². The quantitative estimate of drug-likeness (QED) is 0.877. The van der Waals surface area contributed by atoms with Gasteiger partial charge in [-0.25, -0.2) is 4.98 Å². The van der Waals surface area contributed by atoms with E-state index in [2.05, 4.69) is 34.7 Å². The number of anilines is 1. The number of para-hydroxylation sites is 2. The molecule has 0 amide bonds. The highest BCUT2D eigenvalue weighted by Crippen LogP contribution is 2.26. The van der Waals surface area contributed by atoms with Crippen LogP contribution >= 0.6 is 0 Å². The first-order chi connectivity index (χ1) is 8.81. The van der Waals surface area contributed by atoms with Gasteiger partial charge < -0.3 is 15.2 Å². The molecule has 1 fully saturated rings. The summed E-state index contributed by atoms with van der Waals surface area (Å²) < 4.78 is 2.18. The Labute approximate surface area is 107 Å². The van der Waals surface area contributed by atoms with Gasteiger partial charge in [-0.1, -0.05) is 12.1 Å². The van der Waals surface area contributed by atoms with Gasteiger partial charge in [0.2, 0.25) is 5.95 Å². The maximum absolute atomic E-state index is 5.90. The van der Waals surface area contributed by atoms with Crippen LogP contribution in [0.3, 0.4) is 0 Å². The Morgan fingerprint density at radius 3 is 2.94 bits per heavy atom. The van der Waals surface area contributed by atoms with Gasteiger partial charge in [0.1, 0.15) is 0 Å². The molecule has 96 valence electrons. The molecule has 4 heteroatoms. The van der Waals surface area contributed by atoms with Crippen molar-refractivity contribution in [1.82, 2.24) is 9.55 Å². The third-order valence-electron chi connectivity index (χ3n) is 3.92. The molecule has 2 heterocycles. The topological polar surface area (TPSA) is 47.1 Å². The van der Waals surface area contributed by atoms with Crippen LogP contribution in [0.5, 0.6) is 0 Å². The van der Waals surface area contributed by atoms with Gasteiger partial charge in [0, 0.05) is 26.2 Å².